The second-order valence-electron chi connectivity index (χ2n) is 4.08. The van der Waals surface area contributed by atoms with Gasteiger partial charge in [-0.1, -0.05) is 0 Å². The van der Waals surface area contributed by atoms with E-state index in [1.54, 1.807) is 18.2 Å². The van der Waals surface area contributed by atoms with Gasteiger partial charge in [-0.3, -0.25) is 0 Å². The van der Waals surface area contributed by atoms with Crippen LogP contribution in [-0.2, 0) is 11.2 Å². The summed E-state index contributed by atoms with van der Waals surface area (Å²) in [6.45, 7) is -0.260. The van der Waals surface area contributed by atoms with Crippen molar-refractivity contribution in [3.8, 4) is 5.75 Å². The summed E-state index contributed by atoms with van der Waals surface area (Å²) in [6.07, 6.45) is -4.02. The normalized spacial score (nSPS) is 18.7. The molecule has 1 aromatic rings. The average Bonchev–Trinajstić information content (AvgIpc) is 2.67. The molecule has 3 nitrogen and oxygen atoms in total. The molecule has 1 atom stereocenters. The van der Waals surface area contributed by atoms with E-state index in [2.05, 4.69) is 0 Å². The van der Waals surface area contributed by atoms with Gasteiger partial charge in [0, 0.05) is 12.1 Å². The number of aldehydes is 1. The van der Waals surface area contributed by atoms with Crippen molar-refractivity contribution >= 4 is 12.0 Å². The van der Waals surface area contributed by atoms with Crippen molar-refractivity contribution in [2.45, 2.75) is 18.6 Å². The van der Waals surface area contributed by atoms with Gasteiger partial charge in [0.25, 0.3) is 0 Å². The molecule has 2 rings (SSSR count). The largest absolute Gasteiger partial charge is 0.497 e. The molecule has 0 radical (unpaired) electrons. The number of rotatable bonds is 3. The molecular weight excluding hydrogens is 247 g/mol. The first-order valence-electron chi connectivity index (χ1n) is 5.41. The topological polar surface area (TPSA) is 29.5 Å². The van der Waals surface area contributed by atoms with E-state index in [9.17, 15) is 18.0 Å². The first-order valence-corrected chi connectivity index (χ1v) is 5.41. The lowest BCUT2D eigenvalue weighted by Gasteiger charge is -2.27. The third-order valence-electron chi connectivity index (χ3n) is 3.03. The fourth-order valence-electron chi connectivity index (χ4n) is 2.22. The van der Waals surface area contributed by atoms with E-state index >= 15 is 0 Å². The number of halogens is 3. The Morgan fingerprint density at radius 2 is 2.22 bits per heavy atom. The Balaban J connectivity index is 2.39. The van der Waals surface area contributed by atoms with Crippen LogP contribution >= 0.6 is 0 Å². The molecule has 1 heterocycles. The molecule has 0 saturated heterocycles. The fourth-order valence-corrected chi connectivity index (χ4v) is 2.22. The van der Waals surface area contributed by atoms with Crippen LogP contribution in [0.1, 0.15) is 5.56 Å². The zero-order chi connectivity index (χ0) is 13.3. The zero-order valence-corrected chi connectivity index (χ0v) is 9.70. The van der Waals surface area contributed by atoms with Crippen LogP contribution < -0.4 is 9.64 Å². The van der Waals surface area contributed by atoms with Crippen LogP contribution in [0.3, 0.4) is 0 Å². The Morgan fingerprint density at radius 3 is 2.78 bits per heavy atom. The highest BCUT2D eigenvalue weighted by Gasteiger charge is 2.47. The molecule has 1 aliphatic heterocycles. The summed E-state index contributed by atoms with van der Waals surface area (Å²) in [7, 11) is 1.46. The van der Waals surface area contributed by atoms with Gasteiger partial charge in [0.1, 0.15) is 18.1 Å². The van der Waals surface area contributed by atoms with Crippen molar-refractivity contribution in [3.05, 3.63) is 23.8 Å². The highest BCUT2D eigenvalue weighted by Crippen LogP contribution is 2.40. The van der Waals surface area contributed by atoms with Crippen LogP contribution in [0.25, 0.3) is 0 Å². The molecule has 6 heteroatoms. The second-order valence-corrected chi connectivity index (χ2v) is 4.08. The molecule has 1 aromatic carbocycles. The van der Waals surface area contributed by atoms with Gasteiger partial charge in [0.15, 0.2) is 0 Å². The number of carbonyl (C=O) groups excluding carboxylic acids is 1. The molecule has 0 amide bonds. The van der Waals surface area contributed by atoms with Gasteiger partial charge in [0.05, 0.1) is 13.7 Å². The summed E-state index contributed by atoms with van der Waals surface area (Å²) in [4.78, 5) is 11.6. The molecule has 1 unspecified atom stereocenters. The molecule has 1 aliphatic rings. The Bertz CT molecular complexity index is 459. The van der Waals surface area contributed by atoms with Gasteiger partial charge < -0.3 is 14.4 Å². The minimum absolute atomic E-state index is 0.149. The number of benzene rings is 1. The maximum absolute atomic E-state index is 12.9. The Labute approximate surface area is 102 Å². The number of nitrogens with zero attached hydrogens (tertiary/aromatic N) is 1. The van der Waals surface area contributed by atoms with Crippen molar-refractivity contribution in [2.24, 2.45) is 0 Å². The number of hydrogen-bond donors (Lipinski definition) is 0. The lowest BCUT2D eigenvalue weighted by Crippen LogP contribution is -2.44. The highest BCUT2D eigenvalue weighted by molar-refractivity contribution is 5.68. The molecule has 0 spiro atoms. The lowest BCUT2D eigenvalue weighted by molar-refractivity contribution is -0.146. The van der Waals surface area contributed by atoms with Crippen LogP contribution in [0, 0.1) is 0 Å². The summed E-state index contributed by atoms with van der Waals surface area (Å²) in [5.41, 5.74) is 1.00. The number of carbonyl (C=O) groups is 1. The third-order valence-corrected chi connectivity index (χ3v) is 3.03. The Hall–Kier alpha value is -1.72. The van der Waals surface area contributed by atoms with E-state index in [0.29, 0.717) is 23.3 Å². The summed E-state index contributed by atoms with van der Waals surface area (Å²) in [6, 6.07) is 3.10. The van der Waals surface area contributed by atoms with E-state index < -0.39 is 12.2 Å². The quantitative estimate of drug-likeness (QED) is 0.779. The van der Waals surface area contributed by atoms with Gasteiger partial charge in [-0.15, -0.1) is 0 Å². The molecule has 18 heavy (non-hydrogen) atoms. The predicted octanol–water partition coefficient (Wildman–Crippen LogP) is 2.19. The Morgan fingerprint density at radius 1 is 1.50 bits per heavy atom. The summed E-state index contributed by atoms with van der Waals surface area (Å²) >= 11 is 0. The zero-order valence-electron chi connectivity index (χ0n) is 9.70. The molecule has 0 N–H and O–H groups in total. The van der Waals surface area contributed by atoms with Crippen LogP contribution in [0.2, 0.25) is 0 Å². The van der Waals surface area contributed by atoms with Crippen molar-refractivity contribution in [1.82, 2.24) is 0 Å². The highest BCUT2D eigenvalue weighted by atomic mass is 19.4. The number of fused-ring (bicyclic) bond motifs is 1. The maximum atomic E-state index is 12.9. The molecular formula is C12H12F3NO2. The van der Waals surface area contributed by atoms with E-state index in [4.69, 9.17) is 4.74 Å². The van der Waals surface area contributed by atoms with Gasteiger partial charge in [-0.05, 0) is 23.8 Å². The number of anilines is 1. The summed E-state index contributed by atoms with van der Waals surface area (Å²) < 4.78 is 43.7. The minimum atomic E-state index is -4.35. The predicted molar refractivity (Wildman–Crippen MR) is 60.0 cm³/mol. The summed E-state index contributed by atoms with van der Waals surface area (Å²) in [5.74, 6) is 0.516. The van der Waals surface area contributed by atoms with Crippen LogP contribution in [0.5, 0.6) is 5.75 Å². The van der Waals surface area contributed by atoms with Gasteiger partial charge in [-0.2, -0.15) is 13.2 Å². The van der Waals surface area contributed by atoms with E-state index in [1.165, 1.54) is 7.11 Å². The van der Waals surface area contributed by atoms with Crippen LogP contribution in [0.15, 0.2) is 18.2 Å². The fraction of sp³-hybridized carbons (Fsp3) is 0.417. The van der Waals surface area contributed by atoms with Crippen molar-refractivity contribution in [3.63, 3.8) is 0 Å². The molecule has 0 aliphatic carbocycles. The van der Waals surface area contributed by atoms with Gasteiger partial charge >= 0.3 is 6.18 Å². The number of ether oxygens (including phenoxy) is 1. The van der Waals surface area contributed by atoms with Crippen LogP contribution in [-0.4, -0.2) is 32.2 Å². The summed E-state index contributed by atoms with van der Waals surface area (Å²) in [5, 5.41) is 0. The smallest absolute Gasteiger partial charge is 0.409 e. The van der Waals surface area contributed by atoms with Crippen molar-refractivity contribution in [1.29, 1.82) is 0 Å². The molecule has 0 aromatic heterocycles. The lowest BCUT2D eigenvalue weighted by atomic mass is 10.1. The third kappa shape index (κ3) is 2.14. The molecule has 98 valence electrons. The monoisotopic (exact) mass is 259 g/mol. The molecule has 0 saturated carbocycles. The number of hydrogen-bond acceptors (Lipinski definition) is 3. The van der Waals surface area contributed by atoms with E-state index in [1.807, 2.05) is 0 Å². The average molecular weight is 259 g/mol. The van der Waals surface area contributed by atoms with Crippen molar-refractivity contribution < 1.29 is 22.7 Å². The van der Waals surface area contributed by atoms with E-state index in [0.717, 1.165) is 4.90 Å². The first kappa shape index (κ1) is 12.7. The molecule has 0 bridgehead atoms. The second kappa shape index (κ2) is 4.51. The molecule has 0 fully saturated rings. The number of methoxy groups -OCH3 is 1. The number of alkyl halides is 3. The van der Waals surface area contributed by atoms with Gasteiger partial charge in [-0.25, -0.2) is 0 Å². The van der Waals surface area contributed by atoms with Crippen molar-refractivity contribution in [2.75, 3.05) is 18.6 Å². The first-order chi connectivity index (χ1) is 8.47. The van der Waals surface area contributed by atoms with Crippen LogP contribution in [0.4, 0.5) is 18.9 Å². The minimum Gasteiger partial charge on any atom is -0.497 e. The standard InChI is InChI=1S/C12H12F3NO2/c1-18-9-2-3-10-8(6-9)7-11(12(13,14)15)16(10)4-5-17/h2-3,5-6,11H,4,7H2,1H3. The van der Waals surface area contributed by atoms with Gasteiger partial charge in [0.2, 0.25) is 0 Å². The maximum Gasteiger partial charge on any atom is 0.409 e. The Kier molecular flexibility index (Phi) is 3.19. The SMILES string of the molecule is COc1ccc2c(c1)CC(C(F)(F)F)N2CC=O. The van der Waals surface area contributed by atoms with E-state index in [-0.39, 0.29) is 13.0 Å².